The van der Waals surface area contributed by atoms with Gasteiger partial charge in [-0.3, -0.25) is 4.79 Å². The van der Waals surface area contributed by atoms with Crippen LogP contribution in [0.3, 0.4) is 0 Å². The van der Waals surface area contributed by atoms with E-state index >= 15 is 0 Å². The van der Waals surface area contributed by atoms with Gasteiger partial charge in [0.15, 0.2) is 0 Å². The molecule has 0 saturated heterocycles. The fourth-order valence-corrected chi connectivity index (χ4v) is 2.66. The summed E-state index contributed by atoms with van der Waals surface area (Å²) in [5, 5.41) is 6.46. The van der Waals surface area contributed by atoms with Gasteiger partial charge in [-0.15, -0.1) is 0 Å². The molecule has 3 rings (SSSR count). The summed E-state index contributed by atoms with van der Waals surface area (Å²) >= 11 is 0. The summed E-state index contributed by atoms with van der Waals surface area (Å²) in [6.07, 6.45) is 0.312. The van der Waals surface area contributed by atoms with Gasteiger partial charge in [0.25, 0.3) is 0 Å². The van der Waals surface area contributed by atoms with Gasteiger partial charge in [-0.25, -0.2) is 5.43 Å². The minimum atomic E-state index is -0.113. The third-order valence-corrected chi connectivity index (χ3v) is 4.05. The largest absolute Gasteiger partial charge is 0.273 e. The van der Waals surface area contributed by atoms with Crippen LogP contribution in [0.15, 0.2) is 71.8 Å². The molecule has 3 nitrogen and oxygen atoms in total. The number of hydrazone groups is 1. The fourth-order valence-electron chi connectivity index (χ4n) is 2.66. The van der Waals surface area contributed by atoms with Crippen molar-refractivity contribution in [1.29, 1.82) is 0 Å². The predicted octanol–water partition coefficient (Wildman–Crippen LogP) is 4.23. The summed E-state index contributed by atoms with van der Waals surface area (Å²) < 4.78 is 0. The number of hydrogen-bond acceptors (Lipinski definition) is 2. The molecule has 0 aliphatic carbocycles. The molecule has 0 aliphatic rings. The van der Waals surface area contributed by atoms with Gasteiger partial charge in [-0.05, 0) is 35.7 Å². The van der Waals surface area contributed by atoms with Gasteiger partial charge >= 0.3 is 0 Å². The zero-order valence-electron chi connectivity index (χ0n) is 13.9. The molecular formula is C21H20N2O. The summed E-state index contributed by atoms with van der Waals surface area (Å²) in [6, 6.07) is 22.2. The predicted molar refractivity (Wildman–Crippen MR) is 99.2 cm³/mol. The van der Waals surface area contributed by atoms with Crippen LogP contribution < -0.4 is 5.43 Å². The van der Waals surface area contributed by atoms with Crippen LogP contribution in [0.5, 0.6) is 0 Å². The van der Waals surface area contributed by atoms with Gasteiger partial charge in [-0.1, -0.05) is 72.3 Å². The fraction of sp³-hybridized carbons (Fsp3) is 0.143. The molecule has 0 heterocycles. The Kier molecular flexibility index (Phi) is 4.71. The van der Waals surface area contributed by atoms with E-state index in [1.54, 1.807) is 0 Å². The highest BCUT2D eigenvalue weighted by atomic mass is 16.2. The van der Waals surface area contributed by atoms with E-state index in [4.69, 9.17) is 0 Å². The smallest absolute Gasteiger partial charge is 0.244 e. The van der Waals surface area contributed by atoms with Crippen LogP contribution in [0.1, 0.15) is 23.6 Å². The number of aryl methyl sites for hydroxylation is 1. The SMILES string of the molecule is CC(=NNC(=O)Cc1cccc2ccccc12)c1ccc(C)cc1. The number of fused-ring (bicyclic) bond motifs is 1. The van der Waals surface area contributed by atoms with E-state index in [1.165, 1.54) is 5.56 Å². The Bertz CT molecular complexity index is 890. The number of amides is 1. The Morgan fingerprint density at radius 1 is 0.958 bits per heavy atom. The van der Waals surface area contributed by atoms with Crippen molar-refractivity contribution in [3.05, 3.63) is 83.4 Å². The summed E-state index contributed by atoms with van der Waals surface area (Å²) in [7, 11) is 0. The molecule has 0 spiro atoms. The van der Waals surface area contributed by atoms with E-state index in [0.717, 1.165) is 27.6 Å². The highest BCUT2D eigenvalue weighted by molar-refractivity contribution is 5.99. The van der Waals surface area contributed by atoms with E-state index in [9.17, 15) is 4.79 Å². The average Bonchev–Trinajstić information content (AvgIpc) is 2.61. The Labute approximate surface area is 142 Å². The number of carbonyl (C=O) groups is 1. The monoisotopic (exact) mass is 316 g/mol. The van der Waals surface area contributed by atoms with E-state index < -0.39 is 0 Å². The molecule has 1 amide bonds. The Morgan fingerprint density at radius 2 is 1.67 bits per heavy atom. The van der Waals surface area contributed by atoms with Crippen LogP contribution in [-0.2, 0) is 11.2 Å². The molecule has 0 saturated carbocycles. The zero-order chi connectivity index (χ0) is 16.9. The van der Waals surface area contributed by atoms with Gasteiger partial charge in [0.2, 0.25) is 5.91 Å². The van der Waals surface area contributed by atoms with Crippen LogP contribution in [-0.4, -0.2) is 11.6 Å². The van der Waals surface area contributed by atoms with Gasteiger partial charge in [-0.2, -0.15) is 5.10 Å². The number of nitrogens with one attached hydrogen (secondary N) is 1. The second-order valence-corrected chi connectivity index (χ2v) is 5.91. The highest BCUT2D eigenvalue weighted by Gasteiger charge is 2.06. The highest BCUT2D eigenvalue weighted by Crippen LogP contribution is 2.18. The van der Waals surface area contributed by atoms with Gasteiger partial charge in [0.05, 0.1) is 12.1 Å². The first kappa shape index (κ1) is 15.9. The first-order valence-electron chi connectivity index (χ1n) is 8.00. The Hall–Kier alpha value is -2.94. The second-order valence-electron chi connectivity index (χ2n) is 5.91. The lowest BCUT2D eigenvalue weighted by Gasteiger charge is -2.06. The number of rotatable bonds is 4. The second kappa shape index (κ2) is 7.09. The minimum absolute atomic E-state index is 0.113. The van der Waals surface area contributed by atoms with Crippen molar-refractivity contribution in [2.45, 2.75) is 20.3 Å². The molecule has 1 N–H and O–H groups in total. The van der Waals surface area contributed by atoms with Crippen molar-refractivity contribution in [2.75, 3.05) is 0 Å². The van der Waals surface area contributed by atoms with Crippen LogP contribution >= 0.6 is 0 Å². The third kappa shape index (κ3) is 3.69. The van der Waals surface area contributed by atoms with Crippen molar-refractivity contribution in [3.63, 3.8) is 0 Å². The lowest BCUT2D eigenvalue weighted by atomic mass is 10.0. The first-order valence-corrected chi connectivity index (χ1v) is 8.00. The van der Waals surface area contributed by atoms with Crippen LogP contribution in [0.25, 0.3) is 10.8 Å². The third-order valence-electron chi connectivity index (χ3n) is 4.05. The molecule has 3 aromatic carbocycles. The average molecular weight is 316 g/mol. The topological polar surface area (TPSA) is 41.5 Å². The van der Waals surface area contributed by atoms with Gasteiger partial charge < -0.3 is 0 Å². The Morgan fingerprint density at radius 3 is 2.46 bits per heavy atom. The zero-order valence-corrected chi connectivity index (χ0v) is 13.9. The lowest BCUT2D eigenvalue weighted by molar-refractivity contribution is -0.120. The van der Waals surface area contributed by atoms with Crippen molar-refractivity contribution < 1.29 is 4.79 Å². The van der Waals surface area contributed by atoms with Crippen LogP contribution in [0, 0.1) is 6.92 Å². The normalized spacial score (nSPS) is 11.5. The molecular weight excluding hydrogens is 296 g/mol. The molecule has 0 atom stereocenters. The van der Waals surface area contributed by atoms with E-state index in [0.29, 0.717) is 6.42 Å². The molecule has 0 aliphatic heterocycles. The quantitative estimate of drug-likeness (QED) is 0.568. The van der Waals surface area contributed by atoms with Crippen LogP contribution in [0.2, 0.25) is 0 Å². The van der Waals surface area contributed by atoms with Gasteiger partial charge in [0.1, 0.15) is 0 Å². The summed E-state index contributed by atoms with van der Waals surface area (Å²) in [6.45, 7) is 3.94. The number of carbonyl (C=O) groups excluding carboxylic acids is 1. The maximum Gasteiger partial charge on any atom is 0.244 e. The van der Waals surface area contributed by atoms with E-state index in [1.807, 2.05) is 68.4 Å². The Balaban J connectivity index is 1.71. The standard InChI is InChI=1S/C21H20N2O/c1-15-10-12-17(13-11-15)16(2)22-23-21(24)14-19-8-5-7-18-6-3-4-9-20(18)19/h3-13H,14H2,1-2H3,(H,23,24). The molecule has 3 heteroatoms. The molecule has 24 heavy (non-hydrogen) atoms. The van der Waals surface area contributed by atoms with Gasteiger partial charge in [0, 0.05) is 0 Å². The van der Waals surface area contributed by atoms with Crippen molar-refractivity contribution >= 4 is 22.4 Å². The molecule has 0 unspecified atom stereocenters. The lowest BCUT2D eigenvalue weighted by Crippen LogP contribution is -2.21. The summed E-state index contributed by atoms with van der Waals surface area (Å²) in [5.41, 5.74) is 6.66. The number of nitrogens with zero attached hydrogens (tertiary/aromatic N) is 1. The molecule has 0 aromatic heterocycles. The molecule has 0 bridgehead atoms. The number of hydrogen-bond donors (Lipinski definition) is 1. The molecule has 3 aromatic rings. The minimum Gasteiger partial charge on any atom is -0.273 e. The maximum atomic E-state index is 12.2. The van der Waals surface area contributed by atoms with E-state index in [2.05, 4.69) is 22.7 Å². The molecule has 120 valence electrons. The van der Waals surface area contributed by atoms with Crippen molar-refractivity contribution in [3.8, 4) is 0 Å². The maximum absolute atomic E-state index is 12.2. The van der Waals surface area contributed by atoms with Crippen molar-refractivity contribution in [1.82, 2.24) is 5.43 Å². The van der Waals surface area contributed by atoms with Crippen LogP contribution in [0.4, 0.5) is 0 Å². The van der Waals surface area contributed by atoms with E-state index in [-0.39, 0.29) is 5.91 Å². The summed E-state index contributed by atoms with van der Waals surface area (Å²) in [4.78, 5) is 12.2. The molecule has 0 fully saturated rings. The summed E-state index contributed by atoms with van der Waals surface area (Å²) in [5.74, 6) is -0.113. The first-order chi connectivity index (χ1) is 11.6. The molecule has 0 radical (unpaired) electrons. The number of benzene rings is 3. The van der Waals surface area contributed by atoms with Crippen molar-refractivity contribution in [2.24, 2.45) is 5.10 Å².